The van der Waals surface area contributed by atoms with Crippen molar-refractivity contribution in [3.05, 3.63) is 95.1 Å². The Hall–Kier alpha value is -2.90. The maximum atomic E-state index is 2.44. The summed E-state index contributed by atoms with van der Waals surface area (Å²) in [4.78, 5) is 0. The maximum absolute atomic E-state index is 2.44. The van der Waals surface area contributed by atoms with E-state index in [0.29, 0.717) is 0 Å². The van der Waals surface area contributed by atoms with E-state index in [-0.39, 0.29) is 0 Å². The zero-order valence-electron chi connectivity index (χ0n) is 16.0. The Morgan fingerprint density at radius 3 is 2.25 bits per heavy atom. The van der Waals surface area contributed by atoms with Crippen LogP contribution in [0.3, 0.4) is 0 Å². The zero-order valence-corrected chi connectivity index (χ0v) is 16.9. The molecule has 1 heteroatoms. The third-order valence-corrected chi connectivity index (χ3v) is 7.29. The summed E-state index contributed by atoms with van der Waals surface area (Å²) in [6.45, 7) is 4.51. The predicted octanol–water partition coefficient (Wildman–Crippen LogP) is 7.91. The molecule has 1 aliphatic rings. The van der Waals surface area contributed by atoms with Gasteiger partial charge < -0.3 is 0 Å². The lowest BCUT2D eigenvalue weighted by atomic mass is 9.91. The first-order valence-corrected chi connectivity index (χ1v) is 10.6. The van der Waals surface area contributed by atoms with Gasteiger partial charge in [0.1, 0.15) is 0 Å². The summed E-state index contributed by atoms with van der Waals surface area (Å²) >= 11 is 1.90. The van der Waals surface area contributed by atoms with E-state index < -0.39 is 0 Å². The second-order valence-corrected chi connectivity index (χ2v) is 9.00. The number of rotatable bonds is 1. The number of benzene rings is 4. The Morgan fingerprint density at radius 2 is 1.32 bits per heavy atom. The summed E-state index contributed by atoms with van der Waals surface area (Å²) in [5, 5.41) is 2.75. The average Bonchev–Trinajstić information content (AvgIpc) is 3.24. The van der Waals surface area contributed by atoms with Crippen molar-refractivity contribution >= 4 is 31.5 Å². The third kappa shape index (κ3) is 2.23. The highest BCUT2D eigenvalue weighted by Gasteiger charge is 2.20. The lowest BCUT2D eigenvalue weighted by Crippen LogP contribution is -1.91. The van der Waals surface area contributed by atoms with Gasteiger partial charge in [0.2, 0.25) is 0 Å². The topological polar surface area (TPSA) is 0 Å². The van der Waals surface area contributed by atoms with E-state index in [4.69, 9.17) is 0 Å². The van der Waals surface area contributed by atoms with Crippen LogP contribution in [-0.4, -0.2) is 0 Å². The van der Waals surface area contributed by atoms with Crippen molar-refractivity contribution in [3.63, 3.8) is 0 Å². The largest absolute Gasteiger partial charge is 0.135 e. The molecule has 0 saturated carbocycles. The molecule has 28 heavy (non-hydrogen) atoms. The second-order valence-electron chi connectivity index (χ2n) is 7.92. The second kappa shape index (κ2) is 5.80. The molecule has 0 N–H and O–H groups in total. The van der Waals surface area contributed by atoms with E-state index in [1.807, 2.05) is 11.3 Å². The van der Waals surface area contributed by atoms with Crippen LogP contribution >= 0.6 is 11.3 Å². The Balaban J connectivity index is 1.59. The Labute approximate surface area is 169 Å². The van der Waals surface area contributed by atoms with Crippen molar-refractivity contribution in [2.24, 2.45) is 0 Å². The molecule has 0 spiro atoms. The van der Waals surface area contributed by atoms with Crippen LogP contribution in [0, 0.1) is 13.8 Å². The van der Waals surface area contributed by atoms with E-state index in [1.165, 1.54) is 64.7 Å². The summed E-state index contributed by atoms with van der Waals surface area (Å²) in [5.74, 6) is 0. The molecule has 0 saturated heterocycles. The minimum absolute atomic E-state index is 1.04. The molecule has 1 aliphatic carbocycles. The molecule has 0 fully saturated rings. The number of hydrogen-bond donors (Lipinski definition) is 0. The van der Waals surface area contributed by atoms with Gasteiger partial charge in [-0.15, -0.1) is 11.3 Å². The molecule has 0 unspecified atom stereocenters. The Kier molecular flexibility index (Phi) is 3.33. The van der Waals surface area contributed by atoms with Crippen LogP contribution in [0.5, 0.6) is 0 Å². The maximum Gasteiger partial charge on any atom is 0.0358 e. The fourth-order valence-corrected chi connectivity index (χ4v) is 5.93. The molecule has 0 radical (unpaired) electrons. The van der Waals surface area contributed by atoms with Gasteiger partial charge in [0.05, 0.1) is 0 Å². The van der Waals surface area contributed by atoms with Crippen LogP contribution in [0.25, 0.3) is 42.4 Å². The molecule has 4 aromatic carbocycles. The van der Waals surface area contributed by atoms with Crippen molar-refractivity contribution in [3.8, 4) is 22.3 Å². The van der Waals surface area contributed by atoms with Crippen LogP contribution in [-0.2, 0) is 6.42 Å². The standard InChI is InChI=1S/C27H20S/c1-16-11-24-19(13-18-7-3-4-8-20(18)24)14-22(16)23-15-25-21-9-5-6-10-26(21)28-27(25)12-17(23)2/h3-12,14-15H,13H2,1-2H3. The van der Waals surface area contributed by atoms with E-state index in [2.05, 4.69) is 86.6 Å². The summed E-state index contributed by atoms with van der Waals surface area (Å²) in [5.41, 5.74) is 11.2. The summed E-state index contributed by atoms with van der Waals surface area (Å²) in [7, 11) is 0. The SMILES string of the molecule is Cc1cc2c(cc1-c1cc3c(cc1C)sc1ccccc13)Cc1ccccc1-2. The first-order chi connectivity index (χ1) is 13.7. The van der Waals surface area contributed by atoms with Crippen molar-refractivity contribution in [1.29, 1.82) is 0 Å². The minimum atomic E-state index is 1.04. The number of fused-ring (bicyclic) bond motifs is 6. The first-order valence-electron chi connectivity index (χ1n) is 9.83. The van der Waals surface area contributed by atoms with Crippen LogP contribution < -0.4 is 0 Å². The third-order valence-electron chi connectivity index (χ3n) is 6.15. The van der Waals surface area contributed by atoms with Crippen molar-refractivity contribution in [1.82, 2.24) is 0 Å². The van der Waals surface area contributed by atoms with Gasteiger partial charge in [-0.3, -0.25) is 0 Å². The van der Waals surface area contributed by atoms with Gasteiger partial charge in [-0.2, -0.15) is 0 Å². The zero-order chi connectivity index (χ0) is 18.8. The van der Waals surface area contributed by atoms with E-state index in [1.54, 1.807) is 0 Å². The monoisotopic (exact) mass is 376 g/mol. The van der Waals surface area contributed by atoms with E-state index in [0.717, 1.165) is 6.42 Å². The molecule has 0 atom stereocenters. The van der Waals surface area contributed by atoms with Gasteiger partial charge >= 0.3 is 0 Å². The van der Waals surface area contributed by atoms with Gasteiger partial charge in [-0.1, -0.05) is 48.5 Å². The normalized spacial score (nSPS) is 12.5. The predicted molar refractivity (Wildman–Crippen MR) is 122 cm³/mol. The number of hydrogen-bond acceptors (Lipinski definition) is 1. The van der Waals surface area contributed by atoms with Crippen molar-refractivity contribution in [2.75, 3.05) is 0 Å². The van der Waals surface area contributed by atoms with Crippen LogP contribution in [0.1, 0.15) is 22.3 Å². The van der Waals surface area contributed by atoms with Crippen LogP contribution in [0.2, 0.25) is 0 Å². The van der Waals surface area contributed by atoms with Gasteiger partial charge in [0.15, 0.2) is 0 Å². The molecule has 134 valence electrons. The van der Waals surface area contributed by atoms with Gasteiger partial charge in [-0.25, -0.2) is 0 Å². The molecule has 0 aliphatic heterocycles. The fourth-order valence-electron chi connectivity index (χ4n) is 4.75. The molecule has 5 aromatic rings. The van der Waals surface area contributed by atoms with E-state index >= 15 is 0 Å². The van der Waals surface area contributed by atoms with E-state index in [9.17, 15) is 0 Å². The molecular weight excluding hydrogens is 356 g/mol. The molecule has 1 heterocycles. The minimum Gasteiger partial charge on any atom is -0.135 e. The number of aryl methyl sites for hydroxylation is 2. The Bertz CT molecular complexity index is 1400. The molecule has 6 rings (SSSR count). The van der Waals surface area contributed by atoms with Gasteiger partial charge in [-0.05, 0) is 89.0 Å². The lowest BCUT2D eigenvalue weighted by Gasteiger charge is -2.13. The molecule has 0 nitrogen and oxygen atoms in total. The highest BCUT2D eigenvalue weighted by atomic mass is 32.1. The molecular formula is C27H20S. The van der Waals surface area contributed by atoms with Crippen molar-refractivity contribution < 1.29 is 0 Å². The smallest absolute Gasteiger partial charge is 0.0358 e. The summed E-state index contributed by atoms with van der Waals surface area (Å²) in [6, 6.07) is 27.2. The van der Waals surface area contributed by atoms with Crippen molar-refractivity contribution in [2.45, 2.75) is 20.3 Å². The van der Waals surface area contributed by atoms with Crippen LogP contribution in [0.15, 0.2) is 72.8 Å². The highest BCUT2D eigenvalue weighted by molar-refractivity contribution is 7.25. The summed E-state index contributed by atoms with van der Waals surface area (Å²) in [6.07, 6.45) is 1.04. The number of thiophene rings is 1. The highest BCUT2D eigenvalue weighted by Crippen LogP contribution is 2.43. The molecule has 0 bridgehead atoms. The first kappa shape index (κ1) is 16.1. The quantitative estimate of drug-likeness (QED) is 0.273. The Morgan fingerprint density at radius 1 is 0.571 bits per heavy atom. The summed E-state index contributed by atoms with van der Waals surface area (Å²) < 4.78 is 2.75. The van der Waals surface area contributed by atoms with Crippen LogP contribution in [0.4, 0.5) is 0 Å². The van der Waals surface area contributed by atoms with Gasteiger partial charge in [0.25, 0.3) is 0 Å². The molecule has 1 aromatic heterocycles. The molecule has 0 amide bonds. The lowest BCUT2D eigenvalue weighted by molar-refractivity contribution is 1.26. The average molecular weight is 377 g/mol. The van der Waals surface area contributed by atoms with Gasteiger partial charge in [0, 0.05) is 20.2 Å². The fraction of sp³-hybridized carbons (Fsp3) is 0.111.